The first kappa shape index (κ1) is 23.5. The minimum Gasteiger partial charge on any atom is -0.482 e. The first-order chi connectivity index (χ1) is 16.3. The van der Waals surface area contributed by atoms with E-state index in [1.807, 2.05) is 6.07 Å². The van der Waals surface area contributed by atoms with E-state index in [2.05, 4.69) is 9.88 Å². The number of fused-ring (bicyclic) bond motifs is 1. The maximum absolute atomic E-state index is 13.3. The van der Waals surface area contributed by atoms with Crippen LogP contribution in [0.1, 0.15) is 23.6 Å². The second kappa shape index (κ2) is 10.1. The summed E-state index contributed by atoms with van der Waals surface area (Å²) in [6, 6.07) is 11.8. The Kier molecular flexibility index (Phi) is 6.99. The predicted octanol–water partition coefficient (Wildman–Crippen LogP) is 1.39. The number of carbonyl (C=O) groups excluding carboxylic acids is 1. The van der Waals surface area contributed by atoms with Gasteiger partial charge in [0.05, 0.1) is 24.1 Å². The minimum absolute atomic E-state index is 0.119. The van der Waals surface area contributed by atoms with Gasteiger partial charge in [-0.15, -0.1) is 0 Å². The summed E-state index contributed by atoms with van der Waals surface area (Å²) in [6.45, 7) is 1.30. The van der Waals surface area contributed by atoms with Crippen LogP contribution in [0.5, 0.6) is 5.75 Å². The number of β-amino-alcohol motifs (C(OH)–C–C–N with tert-alkyl or cyclic N) is 1. The third kappa shape index (κ3) is 5.64. The van der Waals surface area contributed by atoms with Gasteiger partial charge in [0.1, 0.15) is 5.75 Å². The summed E-state index contributed by atoms with van der Waals surface area (Å²) in [7, 11) is 1.72. The Morgan fingerprint density at radius 3 is 2.85 bits per heavy atom. The molecular weight excluding hydrogens is 442 g/mol. The van der Waals surface area contributed by atoms with Crippen LogP contribution in [-0.2, 0) is 16.0 Å². The zero-order valence-corrected chi connectivity index (χ0v) is 18.8. The van der Waals surface area contributed by atoms with Crippen molar-refractivity contribution in [1.29, 1.82) is 0 Å². The molecule has 2 unspecified atom stereocenters. The third-order valence-electron chi connectivity index (χ3n) is 5.98. The summed E-state index contributed by atoms with van der Waals surface area (Å²) in [6.07, 6.45) is 0.402. The van der Waals surface area contributed by atoms with Crippen molar-refractivity contribution in [1.82, 2.24) is 14.8 Å². The molecule has 180 valence electrons. The number of amides is 1. The minimum atomic E-state index is -1.07. The molecule has 2 heterocycles. The monoisotopic (exact) mass is 469 g/mol. The number of aliphatic hydroxyl groups excluding tert-OH is 1. The standard InChI is InChI=1S/C24H27N3O7/c1-26(22(29)10-15-5-6-21-19(9-15)25-24(32)34-21)20(13-27-8-7-17(28)12-27)16-3-2-4-18(11-16)33-14-23(30)31/h2-6,9,11,17,20,28H,7-8,10,12-14H2,1H3,(H,25,32)(H,30,31). The number of aliphatic carboxylic acids is 1. The molecule has 1 aromatic heterocycles. The van der Waals surface area contributed by atoms with Gasteiger partial charge in [0.15, 0.2) is 12.2 Å². The predicted molar refractivity (Wildman–Crippen MR) is 123 cm³/mol. The molecule has 2 aromatic carbocycles. The van der Waals surface area contributed by atoms with Gasteiger partial charge >= 0.3 is 11.7 Å². The highest BCUT2D eigenvalue weighted by Crippen LogP contribution is 2.27. The summed E-state index contributed by atoms with van der Waals surface area (Å²) in [4.78, 5) is 41.9. The van der Waals surface area contributed by atoms with Crippen LogP contribution >= 0.6 is 0 Å². The average Bonchev–Trinajstić information content (AvgIpc) is 3.39. The molecule has 1 saturated heterocycles. The Hall–Kier alpha value is -3.63. The largest absolute Gasteiger partial charge is 0.482 e. The Morgan fingerprint density at radius 1 is 1.29 bits per heavy atom. The van der Waals surface area contributed by atoms with E-state index in [0.717, 1.165) is 17.7 Å². The lowest BCUT2D eigenvalue weighted by atomic mass is 10.0. The lowest BCUT2D eigenvalue weighted by Gasteiger charge is -2.32. The summed E-state index contributed by atoms with van der Waals surface area (Å²) in [5.41, 5.74) is 2.49. The SMILES string of the molecule is CN(C(=O)Cc1ccc2oc(=O)[nH]c2c1)C(CN1CCC(O)C1)c1cccc(OCC(=O)O)c1. The number of carbonyl (C=O) groups is 2. The van der Waals surface area contributed by atoms with Gasteiger partial charge in [-0.1, -0.05) is 18.2 Å². The highest BCUT2D eigenvalue weighted by Gasteiger charge is 2.28. The number of aromatic amines is 1. The maximum atomic E-state index is 13.3. The molecule has 0 saturated carbocycles. The molecule has 1 aliphatic rings. The van der Waals surface area contributed by atoms with Crippen LogP contribution in [0.4, 0.5) is 0 Å². The number of likely N-dealkylation sites (N-methyl/N-ethyl adjacent to an activating group) is 1. The first-order valence-electron chi connectivity index (χ1n) is 11.0. The molecule has 3 N–H and O–H groups in total. The van der Waals surface area contributed by atoms with E-state index in [9.17, 15) is 19.5 Å². The van der Waals surface area contributed by atoms with Crippen LogP contribution in [-0.4, -0.2) is 76.3 Å². The van der Waals surface area contributed by atoms with Crippen molar-refractivity contribution in [3.05, 3.63) is 64.1 Å². The van der Waals surface area contributed by atoms with Gasteiger partial charge in [-0.2, -0.15) is 0 Å². The maximum Gasteiger partial charge on any atom is 0.417 e. The molecule has 3 aromatic rings. The number of H-pyrrole nitrogens is 1. The number of carboxylic acids is 1. The van der Waals surface area contributed by atoms with Crippen LogP contribution in [0.3, 0.4) is 0 Å². The van der Waals surface area contributed by atoms with Crippen molar-refractivity contribution < 1.29 is 29.0 Å². The van der Waals surface area contributed by atoms with Crippen LogP contribution in [0, 0.1) is 0 Å². The van der Waals surface area contributed by atoms with E-state index in [4.69, 9.17) is 14.3 Å². The van der Waals surface area contributed by atoms with Gasteiger partial charge in [-0.25, -0.2) is 9.59 Å². The zero-order valence-electron chi connectivity index (χ0n) is 18.8. The fourth-order valence-corrected chi connectivity index (χ4v) is 4.21. The van der Waals surface area contributed by atoms with Crippen molar-refractivity contribution in [2.75, 3.05) is 33.3 Å². The van der Waals surface area contributed by atoms with Crippen LogP contribution < -0.4 is 10.5 Å². The van der Waals surface area contributed by atoms with E-state index in [1.165, 1.54) is 0 Å². The molecule has 0 bridgehead atoms. The first-order valence-corrected chi connectivity index (χ1v) is 11.0. The number of nitrogens with zero attached hydrogens (tertiary/aromatic N) is 2. The van der Waals surface area contributed by atoms with Crippen molar-refractivity contribution >= 4 is 23.0 Å². The van der Waals surface area contributed by atoms with Crippen molar-refractivity contribution in [3.63, 3.8) is 0 Å². The van der Waals surface area contributed by atoms with Gasteiger partial charge in [0.25, 0.3) is 0 Å². The quantitative estimate of drug-likeness (QED) is 0.428. The number of aromatic nitrogens is 1. The smallest absolute Gasteiger partial charge is 0.417 e. The zero-order chi connectivity index (χ0) is 24.2. The van der Waals surface area contributed by atoms with Gasteiger partial charge < -0.3 is 24.3 Å². The molecule has 1 amide bonds. The molecule has 2 atom stereocenters. The highest BCUT2D eigenvalue weighted by molar-refractivity contribution is 5.81. The Balaban J connectivity index is 1.55. The number of carboxylic acid groups (broad SMARTS) is 1. The van der Waals surface area contributed by atoms with Crippen LogP contribution in [0.15, 0.2) is 51.7 Å². The number of rotatable bonds is 9. The Morgan fingerprint density at radius 2 is 2.12 bits per heavy atom. The molecule has 0 spiro atoms. The number of aliphatic hydroxyl groups is 1. The number of ether oxygens (including phenoxy) is 1. The van der Waals surface area contributed by atoms with E-state index in [1.54, 1.807) is 48.3 Å². The van der Waals surface area contributed by atoms with E-state index < -0.39 is 24.4 Å². The fraction of sp³-hybridized carbons (Fsp3) is 0.375. The highest BCUT2D eigenvalue weighted by atomic mass is 16.5. The van der Waals surface area contributed by atoms with Crippen molar-refractivity contribution in [2.45, 2.75) is 25.0 Å². The van der Waals surface area contributed by atoms with E-state index in [0.29, 0.717) is 36.4 Å². The molecule has 0 radical (unpaired) electrons. The number of benzene rings is 2. The Bertz CT molecular complexity index is 1230. The molecule has 34 heavy (non-hydrogen) atoms. The van der Waals surface area contributed by atoms with E-state index in [-0.39, 0.29) is 18.4 Å². The van der Waals surface area contributed by atoms with Gasteiger partial charge in [0, 0.05) is 26.7 Å². The molecular formula is C24H27N3O7. The van der Waals surface area contributed by atoms with Gasteiger partial charge in [-0.3, -0.25) is 14.7 Å². The molecule has 0 aliphatic carbocycles. The number of oxazole rings is 1. The number of hydrogen-bond donors (Lipinski definition) is 3. The van der Waals surface area contributed by atoms with Gasteiger partial charge in [0.2, 0.25) is 5.91 Å². The summed E-state index contributed by atoms with van der Waals surface area (Å²) < 4.78 is 10.3. The van der Waals surface area contributed by atoms with Crippen LogP contribution in [0.25, 0.3) is 11.1 Å². The van der Waals surface area contributed by atoms with Crippen LogP contribution in [0.2, 0.25) is 0 Å². The molecule has 1 aliphatic heterocycles. The normalized spacial score (nSPS) is 17.1. The summed E-state index contributed by atoms with van der Waals surface area (Å²) in [5.74, 6) is -1.35. The average molecular weight is 469 g/mol. The topological polar surface area (TPSA) is 136 Å². The Labute approximate surface area is 195 Å². The number of likely N-dealkylation sites (tertiary alicyclic amines) is 1. The molecule has 1 fully saturated rings. The van der Waals surface area contributed by atoms with Gasteiger partial charge in [-0.05, 0) is 41.8 Å². The fourth-order valence-electron chi connectivity index (χ4n) is 4.21. The van der Waals surface area contributed by atoms with Crippen molar-refractivity contribution in [2.24, 2.45) is 0 Å². The lowest BCUT2D eigenvalue weighted by molar-refractivity contribution is -0.139. The van der Waals surface area contributed by atoms with Crippen molar-refractivity contribution in [3.8, 4) is 5.75 Å². The number of nitrogens with one attached hydrogen (secondary N) is 1. The molecule has 10 heteroatoms. The second-order valence-corrected chi connectivity index (χ2v) is 8.50. The second-order valence-electron chi connectivity index (χ2n) is 8.50. The number of hydrogen-bond acceptors (Lipinski definition) is 7. The summed E-state index contributed by atoms with van der Waals surface area (Å²) in [5, 5.41) is 18.9. The molecule has 10 nitrogen and oxygen atoms in total. The molecule has 4 rings (SSSR count). The summed E-state index contributed by atoms with van der Waals surface area (Å²) >= 11 is 0. The lowest BCUT2D eigenvalue weighted by Crippen LogP contribution is -2.39. The third-order valence-corrected chi connectivity index (χ3v) is 5.98. The van der Waals surface area contributed by atoms with E-state index >= 15 is 0 Å².